The van der Waals surface area contributed by atoms with Crippen LogP contribution in [0.2, 0.25) is 0 Å². The number of hydrogen-bond donors (Lipinski definition) is 1. The number of aliphatic hydroxyl groups is 1. The number of benzene rings is 3. The summed E-state index contributed by atoms with van der Waals surface area (Å²) in [6, 6.07) is 16.3. The fourth-order valence-corrected chi connectivity index (χ4v) is 3.56. The SMILES string of the molecule is Cc1ccc(/C(O)=C2\C(=O)C(=O)N(c3ccc(F)cc3)C2c2cccc(F)c2)cc1. The van der Waals surface area contributed by atoms with E-state index in [9.17, 15) is 23.5 Å². The number of rotatable bonds is 3. The summed E-state index contributed by atoms with van der Waals surface area (Å²) >= 11 is 0. The fraction of sp³-hybridized carbons (Fsp3) is 0.0833. The molecule has 6 heteroatoms. The van der Waals surface area contributed by atoms with E-state index in [2.05, 4.69) is 0 Å². The van der Waals surface area contributed by atoms with Crippen molar-refractivity contribution in [2.45, 2.75) is 13.0 Å². The lowest BCUT2D eigenvalue weighted by atomic mass is 9.95. The van der Waals surface area contributed by atoms with Crippen molar-refractivity contribution >= 4 is 23.1 Å². The van der Waals surface area contributed by atoms with Gasteiger partial charge in [0.05, 0.1) is 11.6 Å². The summed E-state index contributed by atoms with van der Waals surface area (Å²) in [4.78, 5) is 27.0. The van der Waals surface area contributed by atoms with Crippen LogP contribution in [-0.4, -0.2) is 16.8 Å². The van der Waals surface area contributed by atoms with Crippen molar-refractivity contribution in [1.29, 1.82) is 0 Å². The minimum absolute atomic E-state index is 0.154. The highest BCUT2D eigenvalue weighted by molar-refractivity contribution is 6.51. The van der Waals surface area contributed by atoms with E-state index in [1.807, 2.05) is 6.92 Å². The number of anilines is 1. The molecular formula is C24H17F2NO3. The summed E-state index contributed by atoms with van der Waals surface area (Å²) in [6.07, 6.45) is 0. The number of ketones is 1. The molecule has 1 unspecified atom stereocenters. The molecular weight excluding hydrogens is 388 g/mol. The van der Waals surface area contributed by atoms with E-state index >= 15 is 0 Å². The maximum atomic E-state index is 14.0. The monoisotopic (exact) mass is 405 g/mol. The third kappa shape index (κ3) is 3.37. The van der Waals surface area contributed by atoms with Gasteiger partial charge in [0, 0.05) is 11.3 Å². The average molecular weight is 405 g/mol. The van der Waals surface area contributed by atoms with Crippen LogP contribution in [0.4, 0.5) is 14.5 Å². The largest absolute Gasteiger partial charge is 0.507 e. The molecule has 0 spiro atoms. The van der Waals surface area contributed by atoms with Crippen molar-refractivity contribution in [3.05, 3.63) is 107 Å². The van der Waals surface area contributed by atoms with Crippen molar-refractivity contribution in [1.82, 2.24) is 0 Å². The normalized spacial score (nSPS) is 18.1. The molecule has 4 rings (SSSR count). The van der Waals surface area contributed by atoms with Gasteiger partial charge in [-0.2, -0.15) is 0 Å². The first-order chi connectivity index (χ1) is 14.4. The molecule has 150 valence electrons. The van der Waals surface area contributed by atoms with Gasteiger partial charge < -0.3 is 5.11 Å². The van der Waals surface area contributed by atoms with Gasteiger partial charge in [-0.3, -0.25) is 14.5 Å². The van der Waals surface area contributed by atoms with Gasteiger partial charge in [0.2, 0.25) is 0 Å². The van der Waals surface area contributed by atoms with Crippen LogP contribution < -0.4 is 4.90 Å². The highest BCUT2D eigenvalue weighted by atomic mass is 19.1. The molecule has 3 aromatic rings. The zero-order chi connectivity index (χ0) is 21.4. The Hall–Kier alpha value is -3.80. The second-order valence-electron chi connectivity index (χ2n) is 7.07. The number of aryl methyl sites for hydroxylation is 1. The fourth-order valence-electron chi connectivity index (χ4n) is 3.56. The molecule has 4 nitrogen and oxygen atoms in total. The number of halogens is 2. The summed E-state index contributed by atoms with van der Waals surface area (Å²) in [7, 11) is 0. The van der Waals surface area contributed by atoms with Gasteiger partial charge in [0.25, 0.3) is 11.7 Å². The van der Waals surface area contributed by atoms with Crippen LogP contribution in [0.3, 0.4) is 0 Å². The lowest BCUT2D eigenvalue weighted by molar-refractivity contribution is -0.132. The summed E-state index contributed by atoms with van der Waals surface area (Å²) in [5.41, 5.74) is 1.74. The molecule has 1 heterocycles. The van der Waals surface area contributed by atoms with Gasteiger partial charge in [-0.25, -0.2) is 8.78 Å². The molecule has 0 radical (unpaired) electrons. The van der Waals surface area contributed by atoms with Crippen molar-refractivity contribution < 1.29 is 23.5 Å². The number of aliphatic hydroxyl groups excluding tert-OH is 1. The van der Waals surface area contributed by atoms with Crippen LogP contribution in [0.1, 0.15) is 22.7 Å². The third-order valence-corrected chi connectivity index (χ3v) is 5.04. The molecule has 1 aliphatic rings. The minimum atomic E-state index is -1.06. The van der Waals surface area contributed by atoms with Crippen LogP contribution >= 0.6 is 0 Å². The Bertz CT molecular complexity index is 1170. The first-order valence-electron chi connectivity index (χ1n) is 9.26. The van der Waals surface area contributed by atoms with E-state index in [4.69, 9.17) is 0 Å². The Balaban J connectivity index is 1.95. The second-order valence-corrected chi connectivity index (χ2v) is 7.07. The third-order valence-electron chi connectivity index (χ3n) is 5.04. The minimum Gasteiger partial charge on any atom is -0.507 e. The molecule has 1 atom stereocenters. The number of carbonyl (C=O) groups is 2. The van der Waals surface area contributed by atoms with Crippen LogP contribution in [0, 0.1) is 18.6 Å². The van der Waals surface area contributed by atoms with Crippen molar-refractivity contribution in [3.8, 4) is 0 Å². The lowest BCUT2D eigenvalue weighted by Gasteiger charge is -2.25. The van der Waals surface area contributed by atoms with Gasteiger partial charge in [-0.1, -0.05) is 42.0 Å². The smallest absolute Gasteiger partial charge is 0.300 e. The summed E-state index contributed by atoms with van der Waals surface area (Å²) in [6.45, 7) is 1.88. The van der Waals surface area contributed by atoms with Gasteiger partial charge >= 0.3 is 0 Å². The number of Topliss-reactive ketones (excluding diaryl/α,β-unsaturated/α-hetero) is 1. The molecule has 1 fully saturated rings. The van der Waals surface area contributed by atoms with E-state index in [0.717, 1.165) is 22.6 Å². The van der Waals surface area contributed by atoms with E-state index in [1.165, 1.54) is 30.3 Å². The zero-order valence-corrected chi connectivity index (χ0v) is 16.0. The Morgan fingerprint density at radius 2 is 1.57 bits per heavy atom. The number of hydrogen-bond acceptors (Lipinski definition) is 3. The van der Waals surface area contributed by atoms with Crippen LogP contribution in [0.5, 0.6) is 0 Å². The van der Waals surface area contributed by atoms with Crippen LogP contribution in [0.15, 0.2) is 78.4 Å². The maximum Gasteiger partial charge on any atom is 0.300 e. The van der Waals surface area contributed by atoms with Crippen molar-refractivity contribution in [2.24, 2.45) is 0 Å². The van der Waals surface area contributed by atoms with E-state index < -0.39 is 29.4 Å². The Labute approximate surface area is 171 Å². The van der Waals surface area contributed by atoms with Gasteiger partial charge in [-0.05, 0) is 48.9 Å². The maximum absolute atomic E-state index is 14.0. The molecule has 1 N–H and O–H groups in total. The summed E-state index contributed by atoms with van der Waals surface area (Å²) < 4.78 is 27.4. The van der Waals surface area contributed by atoms with Crippen molar-refractivity contribution in [3.63, 3.8) is 0 Å². The number of carbonyl (C=O) groups excluding carboxylic acids is 2. The molecule has 0 aromatic heterocycles. The summed E-state index contributed by atoms with van der Waals surface area (Å²) in [5, 5.41) is 10.9. The number of nitrogens with zero attached hydrogens (tertiary/aromatic N) is 1. The highest BCUT2D eigenvalue weighted by Crippen LogP contribution is 2.42. The van der Waals surface area contributed by atoms with Gasteiger partial charge in [0.1, 0.15) is 17.4 Å². The average Bonchev–Trinajstić information content (AvgIpc) is 3.00. The Kier molecular flexibility index (Phi) is 4.91. The zero-order valence-electron chi connectivity index (χ0n) is 16.0. The molecule has 0 aliphatic carbocycles. The van der Waals surface area contributed by atoms with Crippen LogP contribution in [0.25, 0.3) is 5.76 Å². The van der Waals surface area contributed by atoms with E-state index in [1.54, 1.807) is 30.3 Å². The number of amides is 1. The standard InChI is InChI=1S/C24H17F2NO3/c1-14-5-7-15(8-6-14)22(28)20-21(16-3-2-4-18(26)13-16)27(24(30)23(20)29)19-11-9-17(25)10-12-19/h2-13,21,28H,1H3/b22-20+. The van der Waals surface area contributed by atoms with Crippen molar-refractivity contribution in [2.75, 3.05) is 4.90 Å². The van der Waals surface area contributed by atoms with Crippen LogP contribution in [-0.2, 0) is 9.59 Å². The predicted octanol–water partition coefficient (Wildman–Crippen LogP) is 4.90. The van der Waals surface area contributed by atoms with E-state index in [0.29, 0.717) is 11.1 Å². The molecule has 1 saturated heterocycles. The molecule has 0 saturated carbocycles. The van der Waals surface area contributed by atoms with E-state index in [-0.39, 0.29) is 17.0 Å². The van der Waals surface area contributed by atoms with Gasteiger partial charge in [-0.15, -0.1) is 0 Å². The molecule has 1 amide bonds. The Morgan fingerprint density at radius 3 is 2.20 bits per heavy atom. The molecule has 30 heavy (non-hydrogen) atoms. The van der Waals surface area contributed by atoms with Gasteiger partial charge in [0.15, 0.2) is 0 Å². The first kappa shape index (κ1) is 19.5. The highest BCUT2D eigenvalue weighted by Gasteiger charge is 2.47. The quantitative estimate of drug-likeness (QED) is 0.383. The Morgan fingerprint density at radius 1 is 0.900 bits per heavy atom. The summed E-state index contributed by atoms with van der Waals surface area (Å²) in [5.74, 6) is -3.19. The molecule has 0 bridgehead atoms. The topological polar surface area (TPSA) is 57.6 Å². The predicted molar refractivity (Wildman–Crippen MR) is 109 cm³/mol. The first-order valence-corrected chi connectivity index (χ1v) is 9.26. The second kappa shape index (κ2) is 7.55. The lowest BCUT2D eigenvalue weighted by Crippen LogP contribution is -2.29. The molecule has 3 aromatic carbocycles. The molecule has 1 aliphatic heterocycles.